The van der Waals surface area contributed by atoms with E-state index in [1.807, 2.05) is 6.92 Å². The molecule has 0 spiro atoms. The quantitative estimate of drug-likeness (QED) is 0.723. The van der Waals surface area contributed by atoms with Gasteiger partial charge in [0.1, 0.15) is 0 Å². The maximum atomic E-state index is 11.3. The molecular weight excluding hydrogens is 194 g/mol. The molecule has 1 saturated heterocycles. The minimum Gasteiger partial charge on any atom is -0.481 e. The van der Waals surface area contributed by atoms with Crippen LogP contribution < -0.4 is 0 Å². The van der Waals surface area contributed by atoms with E-state index in [0.29, 0.717) is 13.2 Å². The lowest BCUT2D eigenvalue weighted by atomic mass is 9.83. The van der Waals surface area contributed by atoms with Crippen molar-refractivity contribution in [2.75, 3.05) is 33.4 Å². The SMILES string of the molecule is CCCC1(C(=O)O)CCN(CCOC)C1. The Kier molecular flexibility index (Phi) is 4.54. The monoisotopic (exact) mass is 215 g/mol. The van der Waals surface area contributed by atoms with Gasteiger partial charge in [-0.15, -0.1) is 0 Å². The van der Waals surface area contributed by atoms with E-state index in [1.165, 1.54) is 0 Å². The first-order valence-electron chi connectivity index (χ1n) is 5.59. The number of methoxy groups -OCH3 is 1. The summed E-state index contributed by atoms with van der Waals surface area (Å²) in [4.78, 5) is 13.5. The molecule has 4 nitrogen and oxygen atoms in total. The fraction of sp³-hybridized carbons (Fsp3) is 0.909. The molecule has 4 heteroatoms. The Bertz CT molecular complexity index is 220. The van der Waals surface area contributed by atoms with Gasteiger partial charge in [-0.05, 0) is 19.4 Å². The Balaban J connectivity index is 2.52. The summed E-state index contributed by atoms with van der Waals surface area (Å²) in [5.41, 5.74) is -0.498. The zero-order chi connectivity index (χ0) is 11.3. The highest BCUT2D eigenvalue weighted by molar-refractivity contribution is 5.75. The lowest BCUT2D eigenvalue weighted by Crippen LogP contribution is -2.35. The highest BCUT2D eigenvalue weighted by Crippen LogP contribution is 2.35. The second kappa shape index (κ2) is 5.47. The Morgan fingerprint density at radius 3 is 2.87 bits per heavy atom. The van der Waals surface area contributed by atoms with E-state index in [1.54, 1.807) is 7.11 Å². The standard InChI is InChI=1S/C11H21NO3/c1-3-4-11(10(13)14)5-6-12(9-11)7-8-15-2/h3-9H2,1-2H3,(H,13,14). The van der Waals surface area contributed by atoms with Crippen molar-refractivity contribution >= 4 is 5.97 Å². The van der Waals surface area contributed by atoms with Crippen LogP contribution in [0.15, 0.2) is 0 Å². The molecule has 0 radical (unpaired) electrons. The number of hydrogen-bond donors (Lipinski definition) is 1. The number of carboxylic acids is 1. The summed E-state index contributed by atoms with van der Waals surface area (Å²) in [5, 5.41) is 9.28. The van der Waals surface area contributed by atoms with Gasteiger partial charge in [0.05, 0.1) is 12.0 Å². The van der Waals surface area contributed by atoms with Gasteiger partial charge in [-0.25, -0.2) is 0 Å². The lowest BCUT2D eigenvalue weighted by molar-refractivity contribution is -0.148. The zero-order valence-electron chi connectivity index (χ0n) is 9.66. The van der Waals surface area contributed by atoms with Gasteiger partial charge in [-0.3, -0.25) is 9.69 Å². The Morgan fingerprint density at radius 1 is 1.60 bits per heavy atom. The maximum Gasteiger partial charge on any atom is 0.310 e. The maximum absolute atomic E-state index is 11.3. The summed E-state index contributed by atoms with van der Waals surface area (Å²) >= 11 is 0. The van der Waals surface area contributed by atoms with Crippen molar-refractivity contribution < 1.29 is 14.6 Å². The average Bonchev–Trinajstić information content (AvgIpc) is 2.60. The Labute approximate surface area is 91.2 Å². The predicted octanol–water partition coefficient (Wildman–Crippen LogP) is 1.21. The number of rotatable bonds is 6. The van der Waals surface area contributed by atoms with Gasteiger partial charge in [-0.2, -0.15) is 0 Å². The van der Waals surface area contributed by atoms with Crippen LogP contribution in [0.5, 0.6) is 0 Å². The second-order valence-corrected chi connectivity index (χ2v) is 4.35. The summed E-state index contributed by atoms with van der Waals surface area (Å²) in [6.45, 7) is 5.13. The van der Waals surface area contributed by atoms with Crippen molar-refractivity contribution in [1.82, 2.24) is 4.90 Å². The molecule has 0 amide bonds. The number of carbonyl (C=O) groups is 1. The van der Waals surface area contributed by atoms with Gasteiger partial charge < -0.3 is 9.84 Å². The van der Waals surface area contributed by atoms with Crippen LogP contribution in [0.2, 0.25) is 0 Å². The molecule has 1 unspecified atom stereocenters. The molecule has 0 aromatic carbocycles. The number of ether oxygens (including phenoxy) is 1. The van der Waals surface area contributed by atoms with Crippen LogP contribution in [0, 0.1) is 5.41 Å². The third kappa shape index (κ3) is 2.92. The molecule has 1 rings (SSSR count). The molecule has 0 aromatic rings. The largest absolute Gasteiger partial charge is 0.481 e. The predicted molar refractivity (Wildman–Crippen MR) is 57.9 cm³/mol. The molecule has 0 saturated carbocycles. The van der Waals surface area contributed by atoms with E-state index in [9.17, 15) is 9.90 Å². The molecule has 1 heterocycles. The lowest BCUT2D eigenvalue weighted by Gasteiger charge is -2.24. The van der Waals surface area contributed by atoms with Crippen molar-refractivity contribution in [2.45, 2.75) is 26.2 Å². The van der Waals surface area contributed by atoms with Crippen LogP contribution >= 0.6 is 0 Å². The third-order valence-corrected chi connectivity index (χ3v) is 3.23. The van der Waals surface area contributed by atoms with Crippen molar-refractivity contribution in [3.63, 3.8) is 0 Å². The average molecular weight is 215 g/mol. The molecule has 88 valence electrons. The minimum atomic E-state index is -0.635. The van der Waals surface area contributed by atoms with Gasteiger partial charge in [0.25, 0.3) is 0 Å². The molecule has 15 heavy (non-hydrogen) atoms. The number of nitrogens with zero attached hydrogens (tertiary/aromatic N) is 1. The molecule has 0 aromatic heterocycles. The van der Waals surface area contributed by atoms with Crippen molar-refractivity contribution in [1.29, 1.82) is 0 Å². The second-order valence-electron chi connectivity index (χ2n) is 4.35. The fourth-order valence-corrected chi connectivity index (χ4v) is 2.33. The van der Waals surface area contributed by atoms with Gasteiger partial charge in [0.2, 0.25) is 0 Å². The van der Waals surface area contributed by atoms with E-state index in [-0.39, 0.29) is 0 Å². The number of hydrogen-bond acceptors (Lipinski definition) is 3. The molecule has 0 bridgehead atoms. The van der Waals surface area contributed by atoms with Crippen LogP contribution in [0.25, 0.3) is 0 Å². The highest BCUT2D eigenvalue weighted by atomic mass is 16.5. The van der Waals surface area contributed by atoms with Crippen molar-refractivity contribution in [2.24, 2.45) is 5.41 Å². The summed E-state index contributed by atoms with van der Waals surface area (Å²) < 4.78 is 5.00. The summed E-state index contributed by atoms with van der Waals surface area (Å²) in [6.07, 6.45) is 2.50. The molecule has 1 aliphatic rings. The van der Waals surface area contributed by atoms with Crippen LogP contribution in [0.3, 0.4) is 0 Å². The first-order chi connectivity index (χ1) is 7.14. The molecule has 1 atom stereocenters. The van der Waals surface area contributed by atoms with Crippen molar-refractivity contribution in [3.8, 4) is 0 Å². The van der Waals surface area contributed by atoms with Crippen LogP contribution in [0.4, 0.5) is 0 Å². The van der Waals surface area contributed by atoms with E-state index in [4.69, 9.17) is 4.74 Å². The molecule has 1 fully saturated rings. The molecular formula is C11H21NO3. The number of likely N-dealkylation sites (tertiary alicyclic amines) is 1. The summed E-state index contributed by atoms with van der Waals surface area (Å²) in [5.74, 6) is -0.635. The molecule has 1 aliphatic heterocycles. The fourth-order valence-electron chi connectivity index (χ4n) is 2.33. The Morgan fingerprint density at radius 2 is 2.33 bits per heavy atom. The first kappa shape index (κ1) is 12.5. The topological polar surface area (TPSA) is 49.8 Å². The van der Waals surface area contributed by atoms with Gasteiger partial charge >= 0.3 is 5.97 Å². The highest BCUT2D eigenvalue weighted by Gasteiger charge is 2.43. The first-order valence-corrected chi connectivity index (χ1v) is 5.59. The Hall–Kier alpha value is -0.610. The van der Waals surface area contributed by atoms with Crippen LogP contribution in [-0.2, 0) is 9.53 Å². The molecule has 1 N–H and O–H groups in total. The number of aliphatic carboxylic acids is 1. The number of carboxylic acid groups (broad SMARTS) is 1. The van der Waals surface area contributed by atoms with E-state index in [0.717, 1.165) is 32.4 Å². The van der Waals surface area contributed by atoms with E-state index in [2.05, 4.69) is 4.90 Å². The summed E-state index contributed by atoms with van der Waals surface area (Å²) in [6, 6.07) is 0. The van der Waals surface area contributed by atoms with Gasteiger partial charge in [-0.1, -0.05) is 13.3 Å². The van der Waals surface area contributed by atoms with Crippen LogP contribution in [0.1, 0.15) is 26.2 Å². The van der Waals surface area contributed by atoms with Gasteiger partial charge in [0.15, 0.2) is 0 Å². The minimum absolute atomic E-state index is 0.498. The normalized spacial score (nSPS) is 27.1. The summed E-state index contributed by atoms with van der Waals surface area (Å²) in [7, 11) is 1.67. The van der Waals surface area contributed by atoms with E-state index < -0.39 is 11.4 Å². The van der Waals surface area contributed by atoms with E-state index >= 15 is 0 Å². The van der Waals surface area contributed by atoms with Gasteiger partial charge in [0, 0.05) is 20.2 Å². The molecule has 0 aliphatic carbocycles. The van der Waals surface area contributed by atoms with Crippen molar-refractivity contribution in [3.05, 3.63) is 0 Å². The third-order valence-electron chi connectivity index (χ3n) is 3.23. The smallest absolute Gasteiger partial charge is 0.310 e. The zero-order valence-corrected chi connectivity index (χ0v) is 9.66. The van der Waals surface area contributed by atoms with Crippen LogP contribution in [-0.4, -0.2) is 49.3 Å².